The van der Waals surface area contributed by atoms with Crippen molar-refractivity contribution in [1.82, 2.24) is 0 Å². The van der Waals surface area contributed by atoms with E-state index < -0.39 is 8.07 Å². The zero-order chi connectivity index (χ0) is 14.7. The summed E-state index contributed by atoms with van der Waals surface area (Å²) in [6.45, 7) is 7.62. The second kappa shape index (κ2) is 13.2. The third kappa shape index (κ3) is 11.9. The van der Waals surface area contributed by atoms with Crippen LogP contribution in [-0.2, 0) is 16.8 Å². The minimum atomic E-state index is -0.811. The van der Waals surface area contributed by atoms with Crippen molar-refractivity contribution in [2.24, 2.45) is 0 Å². The first-order valence-electron chi connectivity index (χ1n) is 9.61. The summed E-state index contributed by atoms with van der Waals surface area (Å²) in [6.07, 6.45) is 22.6. The minimum Gasteiger partial charge on any atom is -0.0693 e. The van der Waals surface area contributed by atoms with Crippen LogP contribution in [0.4, 0.5) is 0 Å². The van der Waals surface area contributed by atoms with Crippen LogP contribution in [0, 0.1) is 0 Å². The van der Waals surface area contributed by atoms with Crippen molar-refractivity contribution in [2.45, 2.75) is 121 Å². The van der Waals surface area contributed by atoms with Gasteiger partial charge < -0.3 is 0 Å². The molecule has 2 aliphatic rings. The van der Waals surface area contributed by atoms with Crippen LogP contribution in [0.25, 0.3) is 0 Å². The van der Waals surface area contributed by atoms with Gasteiger partial charge in [-0.25, -0.2) is 0 Å². The standard InChI is InChI=1S/C11H24Si.C8H16.Co/c1-12(2,3)11-9-7-5-4-6-8-10-11;1-2-4-6-8-7-5-3-1;/h11H,4-10H2,1-3H3;1-8H2;. The van der Waals surface area contributed by atoms with Crippen LogP contribution < -0.4 is 0 Å². The summed E-state index contributed by atoms with van der Waals surface area (Å²) in [7, 11) is -0.811. The van der Waals surface area contributed by atoms with Crippen molar-refractivity contribution in [1.29, 1.82) is 0 Å². The molecule has 129 valence electrons. The van der Waals surface area contributed by atoms with Gasteiger partial charge in [-0.05, 0) is 5.54 Å². The summed E-state index contributed by atoms with van der Waals surface area (Å²) in [5.41, 5.74) is 1.12. The molecule has 2 heteroatoms. The summed E-state index contributed by atoms with van der Waals surface area (Å²) in [6, 6.07) is 0. The molecular weight excluding hydrogens is 315 g/mol. The Bertz CT molecular complexity index is 190. The molecule has 0 aromatic rings. The average molecular weight is 356 g/mol. The maximum Gasteiger partial charge on any atom is 0.0473 e. The van der Waals surface area contributed by atoms with E-state index in [1.165, 1.54) is 96.3 Å². The second-order valence-electron chi connectivity index (χ2n) is 8.24. The van der Waals surface area contributed by atoms with Gasteiger partial charge in [0.1, 0.15) is 0 Å². The molecule has 2 fully saturated rings. The average Bonchev–Trinajstić information content (AvgIpc) is 2.25. The smallest absolute Gasteiger partial charge is 0.0473 e. The maximum absolute atomic E-state index is 2.54. The molecule has 2 saturated carbocycles. The molecule has 0 atom stereocenters. The topological polar surface area (TPSA) is 0 Å². The van der Waals surface area contributed by atoms with Crippen LogP contribution in [0.15, 0.2) is 0 Å². The van der Waals surface area contributed by atoms with Crippen LogP contribution in [0.2, 0.25) is 25.2 Å². The third-order valence-corrected chi connectivity index (χ3v) is 8.36. The molecule has 0 aromatic heterocycles. The normalized spacial score (nSPS) is 22.4. The summed E-state index contributed by atoms with van der Waals surface area (Å²) in [5.74, 6) is 0. The first-order valence-corrected chi connectivity index (χ1v) is 13.2. The van der Waals surface area contributed by atoms with E-state index in [2.05, 4.69) is 19.6 Å². The summed E-state index contributed by atoms with van der Waals surface area (Å²) < 4.78 is 0. The van der Waals surface area contributed by atoms with Gasteiger partial charge in [-0.2, -0.15) is 0 Å². The van der Waals surface area contributed by atoms with Crippen LogP contribution in [0.5, 0.6) is 0 Å². The minimum absolute atomic E-state index is 0. The van der Waals surface area contributed by atoms with Gasteiger partial charge in [0, 0.05) is 24.9 Å². The van der Waals surface area contributed by atoms with Gasteiger partial charge in [-0.15, -0.1) is 0 Å². The molecule has 0 bridgehead atoms. The van der Waals surface area contributed by atoms with Gasteiger partial charge in [0.05, 0.1) is 0 Å². The van der Waals surface area contributed by atoms with E-state index >= 15 is 0 Å². The van der Waals surface area contributed by atoms with E-state index in [-0.39, 0.29) is 16.8 Å². The molecule has 0 aliphatic heterocycles. The Morgan fingerprint density at radius 1 is 0.476 bits per heavy atom. The van der Waals surface area contributed by atoms with Crippen LogP contribution in [-0.4, -0.2) is 8.07 Å². The van der Waals surface area contributed by atoms with Crippen molar-refractivity contribution in [3.63, 3.8) is 0 Å². The van der Waals surface area contributed by atoms with Crippen molar-refractivity contribution in [3.8, 4) is 0 Å². The first-order chi connectivity index (χ1) is 9.61. The molecule has 0 unspecified atom stereocenters. The van der Waals surface area contributed by atoms with E-state index in [9.17, 15) is 0 Å². The number of hydrogen-bond acceptors (Lipinski definition) is 0. The van der Waals surface area contributed by atoms with Crippen molar-refractivity contribution in [2.75, 3.05) is 0 Å². The zero-order valence-electron chi connectivity index (χ0n) is 15.0. The van der Waals surface area contributed by atoms with Gasteiger partial charge >= 0.3 is 0 Å². The van der Waals surface area contributed by atoms with Gasteiger partial charge in [-0.1, -0.05) is 116 Å². The summed E-state index contributed by atoms with van der Waals surface area (Å²) >= 11 is 0. The molecule has 0 aromatic carbocycles. The molecule has 0 amide bonds. The van der Waals surface area contributed by atoms with Crippen molar-refractivity contribution in [3.05, 3.63) is 0 Å². The fourth-order valence-electron chi connectivity index (χ4n) is 3.74. The molecule has 21 heavy (non-hydrogen) atoms. The SMILES string of the molecule is C1CCCCCCC1.C[Si](C)(C)C1CCCCCCC1.[Co]. The number of rotatable bonds is 1. The molecule has 0 N–H and O–H groups in total. The van der Waals surface area contributed by atoms with E-state index in [0.29, 0.717) is 0 Å². The fourth-order valence-corrected chi connectivity index (χ4v) is 5.88. The Balaban J connectivity index is 0.000000390. The van der Waals surface area contributed by atoms with E-state index in [0.717, 1.165) is 5.54 Å². The molecular formula is C19H40CoSi. The van der Waals surface area contributed by atoms with Crippen molar-refractivity contribution >= 4 is 8.07 Å². The van der Waals surface area contributed by atoms with E-state index in [4.69, 9.17) is 0 Å². The van der Waals surface area contributed by atoms with Crippen LogP contribution in [0.3, 0.4) is 0 Å². The molecule has 0 nitrogen and oxygen atoms in total. The molecule has 0 spiro atoms. The first kappa shape index (κ1) is 21.7. The van der Waals surface area contributed by atoms with E-state index in [1.807, 2.05) is 0 Å². The summed E-state index contributed by atoms with van der Waals surface area (Å²) in [4.78, 5) is 0. The molecule has 1 radical (unpaired) electrons. The van der Waals surface area contributed by atoms with Gasteiger partial charge in [0.15, 0.2) is 0 Å². The molecule has 0 heterocycles. The Hall–Kier alpha value is 0.723. The largest absolute Gasteiger partial charge is 0.0693 e. The Morgan fingerprint density at radius 2 is 0.714 bits per heavy atom. The van der Waals surface area contributed by atoms with Crippen LogP contribution in [0.1, 0.15) is 96.3 Å². The quantitative estimate of drug-likeness (QED) is 0.426. The van der Waals surface area contributed by atoms with Crippen molar-refractivity contribution < 1.29 is 16.8 Å². The number of hydrogen-bond donors (Lipinski definition) is 0. The van der Waals surface area contributed by atoms with Gasteiger partial charge in [0.25, 0.3) is 0 Å². The van der Waals surface area contributed by atoms with Gasteiger partial charge in [-0.3, -0.25) is 0 Å². The zero-order valence-corrected chi connectivity index (χ0v) is 17.1. The molecule has 2 aliphatic carbocycles. The Kier molecular flexibility index (Phi) is 13.6. The monoisotopic (exact) mass is 355 g/mol. The van der Waals surface area contributed by atoms with E-state index in [1.54, 1.807) is 0 Å². The second-order valence-corrected chi connectivity index (χ2v) is 13.8. The predicted octanol–water partition coefficient (Wildman–Crippen LogP) is 7.56. The maximum atomic E-state index is 2.54. The molecule has 2 rings (SSSR count). The Morgan fingerprint density at radius 3 is 0.952 bits per heavy atom. The van der Waals surface area contributed by atoms with Gasteiger partial charge in [0.2, 0.25) is 0 Å². The Labute approximate surface area is 146 Å². The van der Waals surface area contributed by atoms with Crippen LogP contribution >= 0.6 is 0 Å². The fraction of sp³-hybridized carbons (Fsp3) is 1.00. The molecule has 0 saturated heterocycles. The predicted molar refractivity (Wildman–Crippen MR) is 96.4 cm³/mol. The summed E-state index contributed by atoms with van der Waals surface area (Å²) in [5, 5.41) is 0. The third-order valence-electron chi connectivity index (χ3n) is 5.33.